The van der Waals surface area contributed by atoms with Gasteiger partial charge in [-0.15, -0.1) is 0 Å². The molecule has 0 heterocycles. The van der Waals surface area contributed by atoms with Gasteiger partial charge in [-0.05, 0) is 32.3 Å². The van der Waals surface area contributed by atoms with Gasteiger partial charge in [-0.25, -0.2) is 0 Å². The summed E-state index contributed by atoms with van der Waals surface area (Å²) in [5, 5.41) is 0. The summed E-state index contributed by atoms with van der Waals surface area (Å²) in [6.45, 7) is 7.16. The molecule has 0 saturated heterocycles. The maximum atomic E-state index is 5.65. The molecule has 1 saturated carbocycles. The quantitative estimate of drug-likeness (QED) is 0.717. The molecule has 0 aliphatic heterocycles. The van der Waals surface area contributed by atoms with E-state index in [0.29, 0.717) is 6.10 Å². The van der Waals surface area contributed by atoms with Crippen LogP contribution in [-0.2, 0) is 11.3 Å². The highest BCUT2D eigenvalue weighted by Crippen LogP contribution is 2.27. The lowest BCUT2D eigenvalue weighted by Gasteiger charge is -2.22. The second-order valence-electron chi connectivity index (χ2n) is 5.11. The van der Waals surface area contributed by atoms with Crippen molar-refractivity contribution in [3.63, 3.8) is 0 Å². The Morgan fingerprint density at radius 1 is 1.24 bits per heavy atom. The molecule has 2 rings (SSSR count). The van der Waals surface area contributed by atoms with E-state index in [1.807, 2.05) is 0 Å². The van der Waals surface area contributed by atoms with Gasteiger partial charge in [-0.2, -0.15) is 0 Å². The third-order valence-corrected chi connectivity index (χ3v) is 3.12. The first-order valence-electron chi connectivity index (χ1n) is 6.65. The van der Waals surface area contributed by atoms with Crippen LogP contribution in [0.25, 0.3) is 0 Å². The van der Waals surface area contributed by atoms with Crippen molar-refractivity contribution in [1.82, 2.24) is 4.90 Å². The predicted octanol–water partition coefficient (Wildman–Crippen LogP) is 3.08. The van der Waals surface area contributed by atoms with Gasteiger partial charge in [0.1, 0.15) is 0 Å². The maximum absolute atomic E-state index is 5.65. The molecule has 0 bridgehead atoms. The van der Waals surface area contributed by atoms with Gasteiger partial charge >= 0.3 is 0 Å². The van der Waals surface area contributed by atoms with E-state index >= 15 is 0 Å². The summed E-state index contributed by atoms with van der Waals surface area (Å²) in [6.07, 6.45) is 3.05. The molecular weight excluding hydrogens is 210 g/mol. The molecule has 0 radical (unpaired) electrons. The Morgan fingerprint density at radius 2 is 1.94 bits per heavy atom. The third-order valence-electron chi connectivity index (χ3n) is 3.12. The molecule has 2 heteroatoms. The molecule has 0 atom stereocenters. The second kappa shape index (κ2) is 6.18. The van der Waals surface area contributed by atoms with Gasteiger partial charge in [0, 0.05) is 19.1 Å². The highest BCUT2D eigenvalue weighted by atomic mass is 16.5. The fourth-order valence-corrected chi connectivity index (χ4v) is 2.05. The van der Waals surface area contributed by atoms with Crippen LogP contribution in [0.2, 0.25) is 0 Å². The van der Waals surface area contributed by atoms with Crippen molar-refractivity contribution < 1.29 is 4.74 Å². The van der Waals surface area contributed by atoms with Crippen molar-refractivity contribution in [2.75, 3.05) is 13.2 Å². The van der Waals surface area contributed by atoms with Gasteiger partial charge in [0.2, 0.25) is 0 Å². The third kappa shape index (κ3) is 4.49. The van der Waals surface area contributed by atoms with Crippen LogP contribution in [0.3, 0.4) is 0 Å². The van der Waals surface area contributed by atoms with Crippen molar-refractivity contribution in [2.24, 2.45) is 0 Å². The van der Waals surface area contributed by atoms with Crippen LogP contribution in [0.4, 0.5) is 0 Å². The van der Waals surface area contributed by atoms with E-state index in [9.17, 15) is 0 Å². The Labute approximate surface area is 105 Å². The van der Waals surface area contributed by atoms with Crippen LogP contribution in [0, 0.1) is 0 Å². The van der Waals surface area contributed by atoms with Crippen LogP contribution in [0.15, 0.2) is 30.3 Å². The van der Waals surface area contributed by atoms with Crippen molar-refractivity contribution >= 4 is 0 Å². The first kappa shape index (κ1) is 12.6. The van der Waals surface area contributed by atoms with Crippen LogP contribution in [0.1, 0.15) is 32.3 Å². The standard InChI is InChI=1S/C15H23NO/c1-13(2)17-11-10-16(15-8-9-15)12-14-6-4-3-5-7-14/h3-7,13,15H,8-12H2,1-2H3. The lowest BCUT2D eigenvalue weighted by molar-refractivity contribution is 0.0555. The van der Waals surface area contributed by atoms with E-state index in [-0.39, 0.29) is 0 Å². The first-order chi connectivity index (χ1) is 8.25. The molecular formula is C15H23NO. The molecule has 2 nitrogen and oxygen atoms in total. The van der Waals surface area contributed by atoms with E-state index < -0.39 is 0 Å². The molecule has 17 heavy (non-hydrogen) atoms. The molecule has 1 aromatic rings. The van der Waals surface area contributed by atoms with Crippen LogP contribution in [-0.4, -0.2) is 30.2 Å². The summed E-state index contributed by atoms with van der Waals surface area (Å²) in [5.41, 5.74) is 1.41. The van der Waals surface area contributed by atoms with Gasteiger partial charge in [-0.3, -0.25) is 4.90 Å². The summed E-state index contributed by atoms with van der Waals surface area (Å²) in [6, 6.07) is 11.5. The molecule has 0 spiro atoms. The minimum atomic E-state index is 0.341. The number of ether oxygens (including phenoxy) is 1. The molecule has 0 N–H and O–H groups in total. The fraction of sp³-hybridized carbons (Fsp3) is 0.600. The summed E-state index contributed by atoms with van der Waals surface area (Å²) < 4.78 is 5.65. The molecule has 1 fully saturated rings. The summed E-state index contributed by atoms with van der Waals surface area (Å²) >= 11 is 0. The van der Waals surface area contributed by atoms with Crippen molar-refractivity contribution in [2.45, 2.75) is 45.4 Å². The number of nitrogens with zero attached hydrogens (tertiary/aromatic N) is 1. The monoisotopic (exact) mass is 233 g/mol. The van der Waals surface area contributed by atoms with E-state index in [4.69, 9.17) is 4.74 Å². The summed E-state index contributed by atoms with van der Waals surface area (Å²) in [5.74, 6) is 0. The Hall–Kier alpha value is -0.860. The lowest BCUT2D eigenvalue weighted by atomic mass is 10.2. The van der Waals surface area contributed by atoms with E-state index in [2.05, 4.69) is 49.1 Å². The molecule has 1 aliphatic rings. The van der Waals surface area contributed by atoms with Gasteiger partial charge in [0.05, 0.1) is 12.7 Å². The minimum Gasteiger partial charge on any atom is -0.377 e. The van der Waals surface area contributed by atoms with Gasteiger partial charge in [0.25, 0.3) is 0 Å². The number of benzene rings is 1. The summed E-state index contributed by atoms with van der Waals surface area (Å²) in [4.78, 5) is 2.55. The Morgan fingerprint density at radius 3 is 2.53 bits per heavy atom. The Kier molecular flexibility index (Phi) is 4.57. The van der Waals surface area contributed by atoms with Crippen LogP contribution in [0.5, 0.6) is 0 Å². The average molecular weight is 233 g/mol. The Balaban J connectivity index is 1.81. The van der Waals surface area contributed by atoms with Crippen LogP contribution < -0.4 is 0 Å². The van der Waals surface area contributed by atoms with Gasteiger partial charge in [-0.1, -0.05) is 30.3 Å². The zero-order valence-corrected chi connectivity index (χ0v) is 10.9. The van der Waals surface area contributed by atoms with E-state index in [1.165, 1.54) is 18.4 Å². The highest BCUT2D eigenvalue weighted by molar-refractivity contribution is 5.14. The lowest BCUT2D eigenvalue weighted by Crippen LogP contribution is -2.30. The first-order valence-corrected chi connectivity index (χ1v) is 6.65. The molecule has 94 valence electrons. The summed E-state index contributed by atoms with van der Waals surface area (Å²) in [7, 11) is 0. The molecule has 0 aromatic heterocycles. The zero-order chi connectivity index (χ0) is 12.1. The normalized spacial score (nSPS) is 15.8. The number of hydrogen-bond donors (Lipinski definition) is 0. The fourth-order valence-electron chi connectivity index (χ4n) is 2.05. The molecule has 0 unspecified atom stereocenters. The van der Waals surface area contributed by atoms with Crippen LogP contribution >= 0.6 is 0 Å². The van der Waals surface area contributed by atoms with E-state index in [0.717, 1.165) is 25.7 Å². The SMILES string of the molecule is CC(C)OCCN(Cc1ccccc1)C1CC1. The smallest absolute Gasteiger partial charge is 0.0597 e. The maximum Gasteiger partial charge on any atom is 0.0597 e. The largest absolute Gasteiger partial charge is 0.377 e. The van der Waals surface area contributed by atoms with Gasteiger partial charge in [0.15, 0.2) is 0 Å². The van der Waals surface area contributed by atoms with Crippen molar-refractivity contribution in [3.05, 3.63) is 35.9 Å². The number of hydrogen-bond acceptors (Lipinski definition) is 2. The molecule has 1 aliphatic carbocycles. The van der Waals surface area contributed by atoms with E-state index in [1.54, 1.807) is 0 Å². The van der Waals surface area contributed by atoms with Crippen molar-refractivity contribution in [3.8, 4) is 0 Å². The molecule has 0 amide bonds. The average Bonchev–Trinajstić information content (AvgIpc) is 3.12. The highest BCUT2D eigenvalue weighted by Gasteiger charge is 2.28. The predicted molar refractivity (Wildman–Crippen MR) is 71.0 cm³/mol. The zero-order valence-electron chi connectivity index (χ0n) is 10.9. The van der Waals surface area contributed by atoms with Crippen molar-refractivity contribution in [1.29, 1.82) is 0 Å². The number of rotatable bonds is 7. The minimum absolute atomic E-state index is 0.341. The topological polar surface area (TPSA) is 12.5 Å². The van der Waals surface area contributed by atoms with Gasteiger partial charge < -0.3 is 4.74 Å². The second-order valence-corrected chi connectivity index (χ2v) is 5.11. The molecule has 1 aromatic carbocycles. The Bertz CT molecular complexity index is 319.